The number of anilines is 2. The summed E-state index contributed by atoms with van der Waals surface area (Å²) < 4.78 is 16.5. The summed E-state index contributed by atoms with van der Waals surface area (Å²) in [6.07, 6.45) is 0. The highest BCUT2D eigenvalue weighted by molar-refractivity contribution is 6.04. The monoisotopic (exact) mass is 551 g/mol. The zero-order chi connectivity index (χ0) is 28.6. The third-order valence-corrected chi connectivity index (χ3v) is 7.00. The fourth-order valence-corrected chi connectivity index (χ4v) is 4.71. The summed E-state index contributed by atoms with van der Waals surface area (Å²) in [6, 6.07) is 30.0. The predicted octanol–water partition coefficient (Wildman–Crippen LogP) is 5.50. The molecular weight excluding hydrogens is 518 g/mol. The molecule has 0 aromatic heterocycles. The van der Waals surface area contributed by atoms with E-state index in [4.69, 9.17) is 14.2 Å². The first kappa shape index (κ1) is 27.6. The average Bonchev–Trinajstić information content (AvgIpc) is 3.04. The van der Waals surface area contributed by atoms with Crippen LogP contribution in [0.2, 0.25) is 0 Å². The van der Waals surface area contributed by atoms with Crippen molar-refractivity contribution in [2.75, 3.05) is 50.6 Å². The van der Waals surface area contributed by atoms with Gasteiger partial charge in [0.25, 0.3) is 11.8 Å². The number of piperazine rings is 1. The van der Waals surface area contributed by atoms with E-state index in [1.54, 1.807) is 44.6 Å². The van der Waals surface area contributed by atoms with Crippen LogP contribution in [0.25, 0.3) is 0 Å². The molecule has 0 atom stereocenters. The van der Waals surface area contributed by atoms with E-state index in [0.717, 1.165) is 11.3 Å². The Bertz CT molecular complexity index is 1460. The predicted molar refractivity (Wildman–Crippen MR) is 159 cm³/mol. The first-order valence-electron chi connectivity index (χ1n) is 13.5. The van der Waals surface area contributed by atoms with Crippen LogP contribution in [0, 0.1) is 0 Å². The number of benzene rings is 4. The minimum atomic E-state index is -0.204. The summed E-state index contributed by atoms with van der Waals surface area (Å²) in [7, 11) is 3.14. The molecule has 1 heterocycles. The molecule has 8 nitrogen and oxygen atoms in total. The van der Waals surface area contributed by atoms with Crippen molar-refractivity contribution in [3.8, 4) is 17.2 Å². The number of hydrogen-bond acceptors (Lipinski definition) is 6. The molecule has 2 amide bonds. The normalized spacial score (nSPS) is 12.9. The lowest BCUT2D eigenvalue weighted by Gasteiger charge is -2.36. The van der Waals surface area contributed by atoms with E-state index < -0.39 is 0 Å². The lowest BCUT2D eigenvalue weighted by molar-refractivity contribution is 0.0746. The fourth-order valence-electron chi connectivity index (χ4n) is 4.71. The topological polar surface area (TPSA) is 80.3 Å². The number of carbonyl (C=O) groups excluding carboxylic acids is 2. The van der Waals surface area contributed by atoms with E-state index in [1.807, 2.05) is 71.6 Å². The Morgan fingerprint density at radius 3 is 2.02 bits per heavy atom. The summed E-state index contributed by atoms with van der Waals surface area (Å²) in [5.74, 6) is 1.56. The number of nitrogens with one attached hydrogen (secondary N) is 1. The van der Waals surface area contributed by atoms with Crippen LogP contribution in [0.1, 0.15) is 26.3 Å². The molecule has 1 fully saturated rings. The first-order chi connectivity index (χ1) is 20.0. The number of rotatable bonds is 9. The number of nitrogens with zero attached hydrogens (tertiary/aromatic N) is 2. The van der Waals surface area contributed by atoms with Gasteiger partial charge in [0.1, 0.15) is 23.9 Å². The highest BCUT2D eigenvalue weighted by Gasteiger charge is 2.23. The number of carbonyl (C=O) groups is 2. The van der Waals surface area contributed by atoms with Crippen LogP contribution in [-0.4, -0.2) is 57.1 Å². The van der Waals surface area contributed by atoms with Crippen LogP contribution in [0.4, 0.5) is 11.4 Å². The second-order valence-electron chi connectivity index (χ2n) is 9.68. The molecule has 0 bridgehead atoms. The summed E-state index contributed by atoms with van der Waals surface area (Å²) in [5, 5.41) is 2.96. The molecule has 0 unspecified atom stereocenters. The lowest BCUT2D eigenvalue weighted by atomic mass is 10.1. The number of methoxy groups -OCH3 is 2. The maximum Gasteiger partial charge on any atom is 0.255 e. The number of ether oxygens (including phenoxy) is 3. The molecule has 210 valence electrons. The quantitative estimate of drug-likeness (QED) is 0.296. The molecule has 4 aromatic rings. The Labute approximate surface area is 240 Å². The molecular formula is C33H33N3O5. The van der Waals surface area contributed by atoms with E-state index in [0.29, 0.717) is 66.8 Å². The van der Waals surface area contributed by atoms with E-state index in [1.165, 1.54) is 0 Å². The van der Waals surface area contributed by atoms with Crippen molar-refractivity contribution < 1.29 is 23.8 Å². The van der Waals surface area contributed by atoms with Gasteiger partial charge in [-0.05, 0) is 60.2 Å². The van der Waals surface area contributed by atoms with Gasteiger partial charge >= 0.3 is 0 Å². The third-order valence-electron chi connectivity index (χ3n) is 7.00. The van der Waals surface area contributed by atoms with Crippen LogP contribution in [0.3, 0.4) is 0 Å². The van der Waals surface area contributed by atoms with Gasteiger partial charge in [-0.2, -0.15) is 0 Å². The molecule has 1 saturated heterocycles. The van der Waals surface area contributed by atoms with Crippen LogP contribution >= 0.6 is 0 Å². The maximum atomic E-state index is 13.1. The molecule has 0 spiro atoms. The summed E-state index contributed by atoms with van der Waals surface area (Å²) in [6.45, 7) is 3.03. The van der Waals surface area contributed by atoms with E-state index >= 15 is 0 Å². The molecule has 5 rings (SSSR count). The zero-order valence-corrected chi connectivity index (χ0v) is 23.2. The van der Waals surface area contributed by atoms with Crippen molar-refractivity contribution in [3.05, 3.63) is 114 Å². The Balaban J connectivity index is 1.14. The van der Waals surface area contributed by atoms with Crippen LogP contribution < -0.4 is 24.4 Å². The van der Waals surface area contributed by atoms with E-state index in [2.05, 4.69) is 10.2 Å². The molecule has 41 heavy (non-hydrogen) atoms. The number of hydrogen-bond donors (Lipinski definition) is 1. The van der Waals surface area contributed by atoms with Gasteiger partial charge in [-0.1, -0.05) is 36.4 Å². The smallest absolute Gasteiger partial charge is 0.255 e. The van der Waals surface area contributed by atoms with Gasteiger partial charge in [0.2, 0.25) is 0 Å². The Kier molecular flexibility index (Phi) is 8.69. The molecule has 4 aromatic carbocycles. The fraction of sp³-hybridized carbons (Fsp3) is 0.212. The minimum Gasteiger partial charge on any atom is -0.497 e. The van der Waals surface area contributed by atoms with Crippen LogP contribution in [0.5, 0.6) is 17.2 Å². The Hall–Kier alpha value is -4.98. The van der Waals surface area contributed by atoms with Gasteiger partial charge < -0.3 is 29.3 Å². The minimum absolute atomic E-state index is 0.0468. The van der Waals surface area contributed by atoms with Gasteiger partial charge in [-0.25, -0.2) is 0 Å². The Morgan fingerprint density at radius 1 is 0.707 bits per heavy atom. The van der Waals surface area contributed by atoms with Crippen molar-refractivity contribution in [2.24, 2.45) is 0 Å². The molecule has 1 aliphatic rings. The SMILES string of the molecule is COc1cc(OC)cc(C(=O)N2CCN(c3ccc(NC(=O)c4cccc(OCc5ccccc5)c4)cc3)CC2)c1. The van der Waals surface area contributed by atoms with Crippen molar-refractivity contribution in [2.45, 2.75) is 6.61 Å². The Morgan fingerprint density at radius 2 is 1.37 bits per heavy atom. The van der Waals surface area contributed by atoms with Crippen molar-refractivity contribution in [3.63, 3.8) is 0 Å². The van der Waals surface area contributed by atoms with Crippen molar-refractivity contribution in [1.29, 1.82) is 0 Å². The molecule has 8 heteroatoms. The van der Waals surface area contributed by atoms with Gasteiger partial charge in [0, 0.05) is 54.7 Å². The zero-order valence-electron chi connectivity index (χ0n) is 23.2. The van der Waals surface area contributed by atoms with Gasteiger partial charge in [-0.3, -0.25) is 9.59 Å². The van der Waals surface area contributed by atoms with Crippen LogP contribution in [-0.2, 0) is 6.61 Å². The second-order valence-corrected chi connectivity index (χ2v) is 9.68. The first-order valence-corrected chi connectivity index (χ1v) is 13.5. The van der Waals surface area contributed by atoms with Gasteiger partial charge in [-0.15, -0.1) is 0 Å². The molecule has 0 saturated carbocycles. The average molecular weight is 552 g/mol. The van der Waals surface area contributed by atoms with Crippen molar-refractivity contribution in [1.82, 2.24) is 4.90 Å². The third kappa shape index (κ3) is 6.97. The highest BCUT2D eigenvalue weighted by Crippen LogP contribution is 2.25. The van der Waals surface area contributed by atoms with Crippen molar-refractivity contribution >= 4 is 23.2 Å². The maximum absolute atomic E-state index is 13.1. The standard InChI is InChI=1S/C33H33N3O5/c1-39-30-20-26(21-31(22-30)40-2)33(38)36-17-15-35(16-18-36)28-13-11-27(12-14-28)34-32(37)25-9-6-10-29(19-25)41-23-24-7-4-3-5-8-24/h3-14,19-22H,15-18,23H2,1-2H3,(H,34,37). The molecule has 1 N–H and O–H groups in total. The summed E-state index contributed by atoms with van der Waals surface area (Å²) in [4.78, 5) is 30.1. The second kappa shape index (κ2) is 12.9. The number of amides is 2. The van der Waals surface area contributed by atoms with Gasteiger partial charge in [0.05, 0.1) is 14.2 Å². The summed E-state index contributed by atoms with van der Waals surface area (Å²) >= 11 is 0. The lowest BCUT2D eigenvalue weighted by Crippen LogP contribution is -2.48. The van der Waals surface area contributed by atoms with E-state index in [-0.39, 0.29) is 11.8 Å². The van der Waals surface area contributed by atoms with Crippen LogP contribution in [0.15, 0.2) is 97.1 Å². The summed E-state index contributed by atoms with van der Waals surface area (Å²) in [5.41, 5.74) is 3.87. The largest absolute Gasteiger partial charge is 0.497 e. The molecule has 1 aliphatic heterocycles. The molecule has 0 radical (unpaired) electrons. The van der Waals surface area contributed by atoms with E-state index in [9.17, 15) is 9.59 Å². The molecule has 0 aliphatic carbocycles. The highest BCUT2D eigenvalue weighted by atomic mass is 16.5. The van der Waals surface area contributed by atoms with Gasteiger partial charge in [0.15, 0.2) is 0 Å².